The number of hydrogen-bond donors (Lipinski definition) is 1. The van der Waals surface area contributed by atoms with Crippen molar-refractivity contribution in [2.24, 2.45) is 0 Å². The van der Waals surface area contributed by atoms with E-state index < -0.39 is 0 Å². The molecule has 1 aromatic heterocycles. The lowest BCUT2D eigenvalue weighted by Gasteiger charge is -1.86. The smallest absolute Gasteiger partial charge is 0.0934 e. The molecule has 0 aromatic carbocycles. The average Bonchev–Trinajstić information content (AvgIpc) is 2.14. The van der Waals surface area contributed by atoms with Gasteiger partial charge in [-0.3, -0.25) is 5.10 Å². The quantitative estimate of drug-likeness (QED) is 0.580. The summed E-state index contributed by atoms with van der Waals surface area (Å²) in [6.07, 6.45) is 3.85. The molecule has 0 spiro atoms. The van der Waals surface area contributed by atoms with Gasteiger partial charge in [0, 0.05) is 5.56 Å². The van der Waals surface area contributed by atoms with E-state index in [1.54, 1.807) is 11.8 Å². The molecule has 0 bridgehead atoms. The zero-order valence-electron chi connectivity index (χ0n) is 4.93. The summed E-state index contributed by atoms with van der Waals surface area (Å²) in [6, 6.07) is 0. The molecular formula is C5H8N2S. The van der Waals surface area contributed by atoms with E-state index >= 15 is 0 Å². The van der Waals surface area contributed by atoms with Crippen LogP contribution < -0.4 is 0 Å². The van der Waals surface area contributed by atoms with Crippen molar-refractivity contribution in [1.29, 1.82) is 0 Å². The van der Waals surface area contributed by atoms with Crippen molar-refractivity contribution in [3.8, 4) is 0 Å². The molecule has 0 aliphatic carbocycles. The van der Waals surface area contributed by atoms with E-state index in [1.165, 1.54) is 5.56 Å². The first-order valence-corrected chi connectivity index (χ1v) is 3.61. The van der Waals surface area contributed by atoms with E-state index in [0.29, 0.717) is 0 Å². The average molecular weight is 128 g/mol. The summed E-state index contributed by atoms with van der Waals surface area (Å²) in [5.74, 6) is 0. The Balaban J connectivity index is 2.92. The van der Waals surface area contributed by atoms with Gasteiger partial charge in [-0.1, -0.05) is 0 Å². The Bertz CT molecular complexity index is 171. The topological polar surface area (TPSA) is 28.7 Å². The van der Waals surface area contributed by atoms with Crippen molar-refractivity contribution in [2.45, 2.75) is 11.9 Å². The largest absolute Gasteiger partial charge is 0.272 e. The molecule has 0 radical (unpaired) electrons. The minimum atomic E-state index is 1.16. The van der Waals surface area contributed by atoms with Crippen LogP contribution in [0.1, 0.15) is 5.56 Å². The summed E-state index contributed by atoms with van der Waals surface area (Å²) in [7, 11) is 0. The fraction of sp³-hybridized carbons (Fsp3) is 0.400. The number of nitrogens with one attached hydrogen (secondary N) is 1. The SMILES string of the molecule is CSc1[nH]ncc1C. The maximum absolute atomic E-state index is 3.85. The zero-order chi connectivity index (χ0) is 5.98. The number of nitrogens with zero attached hydrogens (tertiary/aromatic N) is 1. The molecular weight excluding hydrogens is 120 g/mol. The van der Waals surface area contributed by atoms with Crippen molar-refractivity contribution in [3.63, 3.8) is 0 Å². The maximum atomic E-state index is 3.85. The fourth-order valence-electron chi connectivity index (χ4n) is 0.541. The van der Waals surface area contributed by atoms with Gasteiger partial charge in [0.05, 0.1) is 11.2 Å². The third-order valence-electron chi connectivity index (χ3n) is 0.987. The molecule has 1 N–H and O–H groups in total. The molecule has 1 aromatic rings. The molecule has 0 amide bonds. The van der Waals surface area contributed by atoms with Crippen LogP contribution in [0.2, 0.25) is 0 Å². The first-order valence-electron chi connectivity index (χ1n) is 2.38. The van der Waals surface area contributed by atoms with Crippen molar-refractivity contribution in [2.75, 3.05) is 6.26 Å². The van der Waals surface area contributed by atoms with Gasteiger partial charge >= 0.3 is 0 Å². The van der Waals surface area contributed by atoms with Crippen molar-refractivity contribution >= 4 is 11.8 Å². The minimum absolute atomic E-state index is 1.16. The second kappa shape index (κ2) is 2.22. The number of thioether (sulfide) groups is 1. The first kappa shape index (κ1) is 5.69. The normalized spacial score (nSPS) is 9.75. The lowest BCUT2D eigenvalue weighted by molar-refractivity contribution is 1.000. The van der Waals surface area contributed by atoms with Crippen LogP contribution in [-0.2, 0) is 0 Å². The predicted octanol–water partition coefficient (Wildman–Crippen LogP) is 1.44. The van der Waals surface area contributed by atoms with Crippen LogP contribution in [0.5, 0.6) is 0 Å². The molecule has 44 valence electrons. The summed E-state index contributed by atoms with van der Waals surface area (Å²) < 4.78 is 0. The fourth-order valence-corrected chi connectivity index (χ4v) is 1.06. The molecule has 0 saturated heterocycles. The van der Waals surface area contributed by atoms with Crippen LogP contribution in [0, 0.1) is 6.92 Å². The van der Waals surface area contributed by atoms with Crippen LogP contribution >= 0.6 is 11.8 Å². The monoisotopic (exact) mass is 128 g/mol. The lowest BCUT2D eigenvalue weighted by Crippen LogP contribution is -1.69. The molecule has 0 aliphatic heterocycles. The Morgan fingerprint density at radius 1 is 1.75 bits per heavy atom. The standard InChI is InChI=1S/C5H8N2S/c1-4-3-6-7-5(4)8-2/h3H,1-2H3,(H,6,7). The Labute approximate surface area is 52.7 Å². The molecule has 0 fully saturated rings. The van der Waals surface area contributed by atoms with Gasteiger partial charge in [0.1, 0.15) is 0 Å². The molecule has 1 heterocycles. The lowest BCUT2D eigenvalue weighted by atomic mass is 10.4. The highest BCUT2D eigenvalue weighted by molar-refractivity contribution is 7.98. The van der Waals surface area contributed by atoms with E-state index in [0.717, 1.165) is 5.03 Å². The number of hydrogen-bond acceptors (Lipinski definition) is 2. The van der Waals surface area contributed by atoms with Gasteiger partial charge in [0.2, 0.25) is 0 Å². The van der Waals surface area contributed by atoms with E-state index in [1.807, 2.05) is 19.4 Å². The van der Waals surface area contributed by atoms with E-state index in [4.69, 9.17) is 0 Å². The number of rotatable bonds is 1. The third kappa shape index (κ3) is 0.865. The number of H-pyrrole nitrogens is 1. The second-order valence-corrected chi connectivity index (χ2v) is 2.40. The van der Waals surface area contributed by atoms with E-state index in [-0.39, 0.29) is 0 Å². The van der Waals surface area contributed by atoms with Gasteiger partial charge in [-0.15, -0.1) is 11.8 Å². The molecule has 0 unspecified atom stereocenters. The van der Waals surface area contributed by atoms with Gasteiger partial charge < -0.3 is 0 Å². The van der Waals surface area contributed by atoms with Crippen molar-refractivity contribution in [1.82, 2.24) is 10.2 Å². The number of aromatic nitrogens is 2. The number of aryl methyl sites for hydroxylation is 1. The molecule has 0 atom stereocenters. The highest BCUT2D eigenvalue weighted by Gasteiger charge is 1.93. The molecule has 8 heavy (non-hydrogen) atoms. The van der Waals surface area contributed by atoms with Gasteiger partial charge in [-0.25, -0.2) is 0 Å². The van der Waals surface area contributed by atoms with Crippen LogP contribution in [0.3, 0.4) is 0 Å². The van der Waals surface area contributed by atoms with Crippen LogP contribution in [0.15, 0.2) is 11.2 Å². The second-order valence-electron chi connectivity index (χ2n) is 1.59. The Morgan fingerprint density at radius 2 is 2.50 bits per heavy atom. The maximum Gasteiger partial charge on any atom is 0.0934 e. The molecule has 3 heteroatoms. The van der Waals surface area contributed by atoms with E-state index in [9.17, 15) is 0 Å². The van der Waals surface area contributed by atoms with Gasteiger partial charge in [0.15, 0.2) is 0 Å². The summed E-state index contributed by atoms with van der Waals surface area (Å²) in [5.41, 5.74) is 1.22. The van der Waals surface area contributed by atoms with Gasteiger partial charge in [0.25, 0.3) is 0 Å². The molecule has 2 nitrogen and oxygen atoms in total. The van der Waals surface area contributed by atoms with Crippen molar-refractivity contribution < 1.29 is 0 Å². The van der Waals surface area contributed by atoms with Gasteiger partial charge in [-0.05, 0) is 13.2 Å². The van der Waals surface area contributed by atoms with Crippen LogP contribution in [-0.4, -0.2) is 16.5 Å². The van der Waals surface area contributed by atoms with Gasteiger partial charge in [-0.2, -0.15) is 5.10 Å². The highest BCUT2D eigenvalue weighted by atomic mass is 32.2. The predicted molar refractivity (Wildman–Crippen MR) is 35.1 cm³/mol. The Morgan fingerprint density at radius 3 is 2.75 bits per heavy atom. The Hall–Kier alpha value is -0.440. The summed E-state index contributed by atoms with van der Waals surface area (Å²) in [6.45, 7) is 2.04. The summed E-state index contributed by atoms with van der Waals surface area (Å²) in [4.78, 5) is 0. The first-order chi connectivity index (χ1) is 3.84. The summed E-state index contributed by atoms with van der Waals surface area (Å²) >= 11 is 1.68. The summed E-state index contributed by atoms with van der Waals surface area (Å²) in [5, 5.41) is 7.87. The molecule has 1 rings (SSSR count). The number of aromatic amines is 1. The minimum Gasteiger partial charge on any atom is -0.272 e. The van der Waals surface area contributed by atoms with Crippen LogP contribution in [0.4, 0.5) is 0 Å². The third-order valence-corrected chi connectivity index (χ3v) is 1.81. The molecule has 0 saturated carbocycles. The highest BCUT2D eigenvalue weighted by Crippen LogP contribution is 2.13. The molecule has 0 aliphatic rings. The Kier molecular flexibility index (Phi) is 1.58. The van der Waals surface area contributed by atoms with Crippen molar-refractivity contribution in [3.05, 3.63) is 11.8 Å². The van der Waals surface area contributed by atoms with E-state index in [2.05, 4.69) is 10.2 Å². The van der Waals surface area contributed by atoms with Crippen LogP contribution in [0.25, 0.3) is 0 Å². The zero-order valence-corrected chi connectivity index (χ0v) is 5.75.